The van der Waals surface area contributed by atoms with Gasteiger partial charge in [-0.15, -0.1) is 0 Å². The molecule has 2 N–H and O–H groups in total. The van der Waals surface area contributed by atoms with Gasteiger partial charge in [0.2, 0.25) is 0 Å². The number of sulfonamides is 1. The van der Waals surface area contributed by atoms with Crippen molar-refractivity contribution in [2.24, 2.45) is 0 Å². The van der Waals surface area contributed by atoms with Crippen LogP contribution in [0, 0.1) is 13.8 Å². The molecule has 0 aliphatic heterocycles. The largest absolute Gasteiger partial charge is 0.457 e. The zero-order valence-corrected chi connectivity index (χ0v) is 19.6. The van der Waals surface area contributed by atoms with E-state index < -0.39 is 15.9 Å². The number of para-hydroxylation sites is 2. The second kappa shape index (κ2) is 9.80. The van der Waals surface area contributed by atoms with Crippen LogP contribution in [0.25, 0.3) is 0 Å². The molecule has 0 aliphatic carbocycles. The zero-order valence-electron chi connectivity index (χ0n) is 18.8. The third kappa shape index (κ3) is 5.44. The first kappa shape index (κ1) is 23.1. The molecule has 34 heavy (non-hydrogen) atoms. The van der Waals surface area contributed by atoms with Crippen molar-refractivity contribution in [3.8, 4) is 11.5 Å². The summed E-state index contributed by atoms with van der Waals surface area (Å²) in [5.74, 6) is 0.936. The molecule has 4 rings (SSSR count). The molecule has 0 saturated heterocycles. The fourth-order valence-corrected chi connectivity index (χ4v) is 4.75. The minimum atomic E-state index is -3.88. The summed E-state index contributed by atoms with van der Waals surface area (Å²) >= 11 is 0. The van der Waals surface area contributed by atoms with Crippen LogP contribution in [0.2, 0.25) is 0 Å². The average molecular weight is 473 g/mol. The van der Waals surface area contributed by atoms with Crippen molar-refractivity contribution in [3.63, 3.8) is 0 Å². The molecular weight excluding hydrogens is 448 g/mol. The minimum Gasteiger partial charge on any atom is -0.457 e. The van der Waals surface area contributed by atoms with Gasteiger partial charge in [0, 0.05) is 11.3 Å². The molecule has 1 amide bonds. The highest BCUT2D eigenvalue weighted by Crippen LogP contribution is 2.25. The van der Waals surface area contributed by atoms with Gasteiger partial charge < -0.3 is 10.1 Å². The topological polar surface area (TPSA) is 84.5 Å². The minimum absolute atomic E-state index is 0.0509. The Labute approximate surface area is 199 Å². The summed E-state index contributed by atoms with van der Waals surface area (Å²) in [4.78, 5) is 12.9. The number of benzene rings is 4. The van der Waals surface area contributed by atoms with E-state index in [4.69, 9.17) is 4.74 Å². The van der Waals surface area contributed by atoms with Gasteiger partial charge in [-0.3, -0.25) is 9.52 Å². The molecule has 4 aromatic carbocycles. The number of hydrogen-bond acceptors (Lipinski definition) is 4. The first-order chi connectivity index (χ1) is 16.3. The number of nitrogens with one attached hydrogen (secondary N) is 2. The maximum absolute atomic E-state index is 13.0. The molecule has 0 spiro atoms. The van der Waals surface area contributed by atoms with Crippen LogP contribution in [-0.4, -0.2) is 14.3 Å². The molecule has 0 saturated carbocycles. The van der Waals surface area contributed by atoms with Crippen LogP contribution >= 0.6 is 0 Å². The van der Waals surface area contributed by atoms with Gasteiger partial charge in [0.1, 0.15) is 11.5 Å². The van der Waals surface area contributed by atoms with E-state index in [9.17, 15) is 13.2 Å². The number of anilines is 2. The quantitative estimate of drug-likeness (QED) is 0.338. The van der Waals surface area contributed by atoms with E-state index in [1.807, 2.05) is 49.4 Å². The Hall–Kier alpha value is -4.10. The first-order valence-corrected chi connectivity index (χ1v) is 12.1. The maximum Gasteiger partial charge on any atom is 0.262 e. The molecule has 4 aromatic rings. The van der Waals surface area contributed by atoms with Crippen LogP contribution in [-0.2, 0) is 10.0 Å². The lowest BCUT2D eigenvalue weighted by Crippen LogP contribution is -2.17. The van der Waals surface area contributed by atoms with Crippen LogP contribution in [0.3, 0.4) is 0 Å². The number of amides is 1. The number of rotatable bonds is 7. The predicted octanol–water partition coefficient (Wildman–Crippen LogP) is 6.15. The molecule has 172 valence electrons. The van der Waals surface area contributed by atoms with E-state index in [0.717, 1.165) is 5.56 Å². The Morgan fingerprint density at radius 1 is 0.735 bits per heavy atom. The lowest BCUT2D eigenvalue weighted by Gasteiger charge is -2.14. The number of hydrogen-bond donors (Lipinski definition) is 2. The Morgan fingerprint density at radius 3 is 2.09 bits per heavy atom. The van der Waals surface area contributed by atoms with Crippen molar-refractivity contribution < 1.29 is 17.9 Å². The predicted molar refractivity (Wildman–Crippen MR) is 134 cm³/mol. The van der Waals surface area contributed by atoms with Crippen LogP contribution < -0.4 is 14.8 Å². The van der Waals surface area contributed by atoms with E-state index in [2.05, 4.69) is 10.0 Å². The summed E-state index contributed by atoms with van der Waals surface area (Å²) in [5.41, 5.74) is 2.64. The molecule has 0 bridgehead atoms. The molecule has 0 aromatic heterocycles. The number of ether oxygens (including phenoxy) is 1. The third-order valence-corrected chi connectivity index (χ3v) is 6.73. The summed E-state index contributed by atoms with van der Waals surface area (Å²) in [6.07, 6.45) is 0. The molecule has 0 atom stereocenters. The van der Waals surface area contributed by atoms with Gasteiger partial charge in [-0.25, -0.2) is 8.42 Å². The highest BCUT2D eigenvalue weighted by atomic mass is 32.2. The number of aryl methyl sites for hydroxylation is 2. The lowest BCUT2D eigenvalue weighted by molar-refractivity contribution is 0.102. The Bertz CT molecular complexity index is 1420. The average Bonchev–Trinajstić information content (AvgIpc) is 2.82. The normalized spacial score (nSPS) is 11.0. The fraction of sp³-hybridized carbons (Fsp3) is 0.0741. The van der Waals surface area contributed by atoms with Gasteiger partial charge in [-0.05, 0) is 79.6 Å². The Balaban J connectivity index is 1.50. The van der Waals surface area contributed by atoms with E-state index in [1.54, 1.807) is 55.5 Å². The van der Waals surface area contributed by atoms with Crippen LogP contribution in [0.1, 0.15) is 21.5 Å². The van der Waals surface area contributed by atoms with Crippen molar-refractivity contribution in [1.29, 1.82) is 0 Å². The molecular formula is C27H24N2O4S. The van der Waals surface area contributed by atoms with E-state index in [0.29, 0.717) is 28.4 Å². The molecule has 0 unspecified atom stereocenters. The first-order valence-electron chi connectivity index (χ1n) is 10.7. The second-order valence-electron chi connectivity index (χ2n) is 7.79. The lowest BCUT2D eigenvalue weighted by atomic mass is 10.1. The molecule has 7 heteroatoms. The third-order valence-electron chi connectivity index (χ3n) is 5.22. The van der Waals surface area contributed by atoms with Crippen molar-refractivity contribution in [3.05, 3.63) is 114 Å². The van der Waals surface area contributed by atoms with Gasteiger partial charge >= 0.3 is 0 Å². The van der Waals surface area contributed by atoms with E-state index in [1.165, 1.54) is 6.07 Å². The number of carbonyl (C=O) groups excluding carboxylic acids is 1. The van der Waals surface area contributed by atoms with E-state index >= 15 is 0 Å². The summed E-state index contributed by atoms with van der Waals surface area (Å²) in [7, 11) is -3.88. The van der Waals surface area contributed by atoms with Gasteiger partial charge in [0.25, 0.3) is 15.9 Å². The summed E-state index contributed by atoms with van der Waals surface area (Å²) in [6, 6.07) is 28.1. The maximum atomic E-state index is 13.0. The Morgan fingerprint density at radius 2 is 1.38 bits per heavy atom. The van der Waals surface area contributed by atoms with Crippen LogP contribution in [0.4, 0.5) is 11.4 Å². The van der Waals surface area contributed by atoms with Gasteiger partial charge in [0.05, 0.1) is 10.6 Å². The second-order valence-corrected chi connectivity index (χ2v) is 9.45. The van der Waals surface area contributed by atoms with Crippen molar-refractivity contribution >= 4 is 27.3 Å². The highest BCUT2D eigenvalue weighted by molar-refractivity contribution is 7.92. The Kier molecular flexibility index (Phi) is 6.65. The van der Waals surface area contributed by atoms with Crippen molar-refractivity contribution in [2.75, 3.05) is 10.0 Å². The van der Waals surface area contributed by atoms with Crippen molar-refractivity contribution in [1.82, 2.24) is 0 Å². The molecule has 0 radical (unpaired) electrons. The molecule has 0 fully saturated rings. The number of carbonyl (C=O) groups is 1. The van der Waals surface area contributed by atoms with E-state index in [-0.39, 0.29) is 10.5 Å². The monoisotopic (exact) mass is 472 g/mol. The van der Waals surface area contributed by atoms with Crippen molar-refractivity contribution in [2.45, 2.75) is 18.7 Å². The molecule has 6 nitrogen and oxygen atoms in total. The fourth-order valence-electron chi connectivity index (χ4n) is 3.35. The van der Waals surface area contributed by atoms with Gasteiger partial charge in [-0.1, -0.05) is 42.5 Å². The standard InChI is InChI=1S/C27H24N2O4S/c1-19-8-6-7-11-25(19)29-34(31,32)26-18-21(13-12-20(26)2)27(30)28-22-14-16-24(17-15-22)33-23-9-4-3-5-10-23/h3-18,29H,1-2H3,(H,28,30). The smallest absolute Gasteiger partial charge is 0.262 e. The zero-order chi connectivity index (χ0) is 24.1. The molecule has 0 aliphatic rings. The molecule has 0 heterocycles. The SMILES string of the molecule is Cc1ccccc1NS(=O)(=O)c1cc(C(=O)Nc2ccc(Oc3ccccc3)cc2)ccc1C. The summed E-state index contributed by atoms with van der Waals surface area (Å²) < 4.78 is 34.4. The summed E-state index contributed by atoms with van der Waals surface area (Å²) in [6.45, 7) is 3.52. The summed E-state index contributed by atoms with van der Waals surface area (Å²) in [5, 5.41) is 2.80. The van der Waals surface area contributed by atoms with Gasteiger partial charge in [-0.2, -0.15) is 0 Å². The van der Waals surface area contributed by atoms with Crippen LogP contribution in [0.5, 0.6) is 11.5 Å². The van der Waals surface area contributed by atoms with Crippen LogP contribution in [0.15, 0.2) is 102 Å². The van der Waals surface area contributed by atoms with Gasteiger partial charge in [0.15, 0.2) is 0 Å². The highest BCUT2D eigenvalue weighted by Gasteiger charge is 2.20.